The Morgan fingerprint density at radius 1 is 1.31 bits per heavy atom. The molecule has 0 aromatic heterocycles. The molecule has 16 heavy (non-hydrogen) atoms. The molecule has 2 fully saturated rings. The molecule has 1 unspecified atom stereocenters. The third-order valence-corrected chi connectivity index (χ3v) is 4.73. The van der Waals surface area contributed by atoms with Crippen LogP contribution in [-0.2, 0) is 15.6 Å². The quantitative estimate of drug-likeness (QED) is 0.743. The molecule has 1 amide bonds. The number of amides is 1. The van der Waals surface area contributed by atoms with Gasteiger partial charge in [-0.05, 0) is 32.2 Å². The minimum absolute atomic E-state index is 0.150. The average molecular weight is 244 g/mol. The zero-order valence-corrected chi connectivity index (χ0v) is 10.4. The second-order valence-corrected chi connectivity index (χ2v) is 6.38. The van der Waals surface area contributed by atoms with Crippen LogP contribution in [0.25, 0.3) is 0 Å². The molecule has 1 atom stereocenters. The van der Waals surface area contributed by atoms with Gasteiger partial charge in [0.25, 0.3) is 0 Å². The first-order valence-electron chi connectivity index (χ1n) is 6.12. The smallest absolute Gasteiger partial charge is 0.221 e. The van der Waals surface area contributed by atoms with E-state index in [9.17, 15) is 9.00 Å². The Bertz CT molecular complexity index is 267. The van der Waals surface area contributed by atoms with Crippen molar-refractivity contribution in [1.82, 2.24) is 10.6 Å². The summed E-state index contributed by atoms with van der Waals surface area (Å²) in [4.78, 5) is 11.7. The summed E-state index contributed by atoms with van der Waals surface area (Å²) in [5.74, 6) is 1.64. The van der Waals surface area contributed by atoms with Crippen LogP contribution in [-0.4, -0.2) is 40.3 Å². The molecule has 92 valence electrons. The maximum Gasteiger partial charge on any atom is 0.221 e. The Labute approximate surface area is 99.0 Å². The van der Waals surface area contributed by atoms with Crippen LogP contribution >= 0.6 is 0 Å². The maximum atomic E-state index is 11.7. The molecule has 2 aliphatic heterocycles. The van der Waals surface area contributed by atoms with E-state index in [1.807, 2.05) is 0 Å². The van der Waals surface area contributed by atoms with Crippen molar-refractivity contribution >= 4 is 16.7 Å². The second-order valence-electron chi connectivity index (χ2n) is 4.69. The summed E-state index contributed by atoms with van der Waals surface area (Å²) >= 11 is 0. The molecule has 5 heteroatoms. The summed E-state index contributed by atoms with van der Waals surface area (Å²) in [5, 5.41) is 6.38. The monoisotopic (exact) mass is 244 g/mol. The van der Waals surface area contributed by atoms with Gasteiger partial charge in [-0.1, -0.05) is 0 Å². The van der Waals surface area contributed by atoms with Crippen molar-refractivity contribution in [3.05, 3.63) is 0 Å². The van der Waals surface area contributed by atoms with Gasteiger partial charge < -0.3 is 10.6 Å². The number of carbonyl (C=O) groups excluding carboxylic acids is 1. The summed E-state index contributed by atoms with van der Waals surface area (Å²) in [6.45, 7) is 1.04. The molecule has 0 saturated carbocycles. The van der Waals surface area contributed by atoms with Crippen LogP contribution in [0.1, 0.15) is 32.1 Å². The molecule has 2 N–H and O–H groups in total. The number of rotatable bonds is 3. The van der Waals surface area contributed by atoms with Crippen molar-refractivity contribution in [1.29, 1.82) is 0 Å². The van der Waals surface area contributed by atoms with E-state index in [1.165, 1.54) is 6.42 Å². The Balaban J connectivity index is 1.68. The van der Waals surface area contributed by atoms with Crippen molar-refractivity contribution in [2.24, 2.45) is 0 Å². The molecule has 0 spiro atoms. The lowest BCUT2D eigenvalue weighted by atomic mass is 10.1. The van der Waals surface area contributed by atoms with Gasteiger partial charge in [-0.3, -0.25) is 9.00 Å². The van der Waals surface area contributed by atoms with E-state index < -0.39 is 10.8 Å². The van der Waals surface area contributed by atoms with E-state index >= 15 is 0 Å². The standard InChI is InChI=1S/C11H20N2O2S/c14-11(8-10-2-1-5-12-10)13-9-3-6-16(15)7-4-9/h9-10,12H,1-8H2,(H,13,14). The Hall–Kier alpha value is -0.420. The van der Waals surface area contributed by atoms with Crippen LogP contribution < -0.4 is 10.6 Å². The normalized spacial score (nSPS) is 34.9. The van der Waals surface area contributed by atoms with Crippen molar-refractivity contribution in [2.45, 2.75) is 44.2 Å². The lowest BCUT2D eigenvalue weighted by Crippen LogP contribution is -2.41. The van der Waals surface area contributed by atoms with Gasteiger partial charge in [-0.2, -0.15) is 0 Å². The van der Waals surface area contributed by atoms with Gasteiger partial charge >= 0.3 is 0 Å². The molecule has 0 aliphatic carbocycles. The minimum atomic E-state index is -0.643. The molecule has 2 rings (SSSR count). The summed E-state index contributed by atoms with van der Waals surface area (Å²) in [5.41, 5.74) is 0. The van der Waals surface area contributed by atoms with E-state index in [2.05, 4.69) is 10.6 Å². The molecule has 0 bridgehead atoms. The van der Waals surface area contributed by atoms with Crippen molar-refractivity contribution in [3.63, 3.8) is 0 Å². The van der Waals surface area contributed by atoms with Crippen LogP contribution in [0.3, 0.4) is 0 Å². The molecule has 4 nitrogen and oxygen atoms in total. The third kappa shape index (κ3) is 3.56. The van der Waals surface area contributed by atoms with E-state index in [0.717, 1.165) is 37.3 Å². The van der Waals surface area contributed by atoms with Crippen LogP contribution in [0, 0.1) is 0 Å². The zero-order valence-electron chi connectivity index (χ0n) is 9.54. The SMILES string of the molecule is O=C(CC1CCCN1)NC1CCS(=O)CC1. The summed E-state index contributed by atoms with van der Waals surface area (Å²) in [6.07, 6.45) is 4.63. The van der Waals surface area contributed by atoms with Crippen molar-refractivity contribution < 1.29 is 9.00 Å². The average Bonchev–Trinajstić information content (AvgIpc) is 2.74. The number of hydrogen-bond acceptors (Lipinski definition) is 3. The van der Waals surface area contributed by atoms with Crippen LogP contribution in [0.4, 0.5) is 0 Å². The van der Waals surface area contributed by atoms with Gasteiger partial charge in [0, 0.05) is 40.8 Å². The minimum Gasteiger partial charge on any atom is -0.353 e. The molecule has 0 radical (unpaired) electrons. The van der Waals surface area contributed by atoms with Gasteiger partial charge in [-0.15, -0.1) is 0 Å². The zero-order chi connectivity index (χ0) is 11.4. The Kier molecular flexibility index (Phi) is 4.35. The molecular weight excluding hydrogens is 224 g/mol. The molecule has 0 aromatic carbocycles. The van der Waals surface area contributed by atoms with Gasteiger partial charge in [0.15, 0.2) is 0 Å². The largest absolute Gasteiger partial charge is 0.353 e. The topological polar surface area (TPSA) is 58.2 Å². The summed E-state index contributed by atoms with van der Waals surface area (Å²) < 4.78 is 11.2. The highest BCUT2D eigenvalue weighted by Gasteiger charge is 2.22. The van der Waals surface area contributed by atoms with Gasteiger partial charge in [-0.25, -0.2) is 0 Å². The summed E-state index contributed by atoms with van der Waals surface area (Å²) in [6, 6.07) is 0.629. The van der Waals surface area contributed by atoms with Crippen LogP contribution in [0.5, 0.6) is 0 Å². The predicted octanol–water partition coefficient (Wildman–Crippen LogP) is 0.156. The van der Waals surface area contributed by atoms with Gasteiger partial charge in [0.1, 0.15) is 0 Å². The molecule has 2 saturated heterocycles. The first kappa shape index (κ1) is 12.0. The first-order valence-corrected chi connectivity index (χ1v) is 7.60. The van der Waals surface area contributed by atoms with Crippen molar-refractivity contribution in [3.8, 4) is 0 Å². The van der Waals surface area contributed by atoms with E-state index in [1.54, 1.807) is 0 Å². The fraction of sp³-hybridized carbons (Fsp3) is 0.909. The van der Waals surface area contributed by atoms with Gasteiger partial charge in [0.05, 0.1) is 0 Å². The number of nitrogens with one attached hydrogen (secondary N) is 2. The molecule has 0 aromatic rings. The first-order chi connectivity index (χ1) is 7.74. The number of hydrogen-bond donors (Lipinski definition) is 2. The molecular formula is C11H20N2O2S. The highest BCUT2D eigenvalue weighted by atomic mass is 32.2. The van der Waals surface area contributed by atoms with Crippen LogP contribution in [0.15, 0.2) is 0 Å². The second kappa shape index (κ2) is 5.77. The van der Waals surface area contributed by atoms with E-state index in [4.69, 9.17) is 0 Å². The molecule has 2 heterocycles. The highest BCUT2D eigenvalue weighted by Crippen LogP contribution is 2.11. The van der Waals surface area contributed by atoms with Crippen molar-refractivity contribution in [2.75, 3.05) is 18.1 Å². The third-order valence-electron chi connectivity index (χ3n) is 3.35. The fourth-order valence-corrected chi connectivity index (χ4v) is 3.68. The maximum absolute atomic E-state index is 11.7. The Morgan fingerprint density at radius 2 is 2.06 bits per heavy atom. The van der Waals surface area contributed by atoms with Gasteiger partial charge in [0.2, 0.25) is 5.91 Å². The summed E-state index contributed by atoms with van der Waals surface area (Å²) in [7, 11) is -0.643. The van der Waals surface area contributed by atoms with E-state index in [-0.39, 0.29) is 11.9 Å². The number of carbonyl (C=O) groups is 1. The van der Waals surface area contributed by atoms with Crippen LogP contribution in [0.2, 0.25) is 0 Å². The highest BCUT2D eigenvalue weighted by molar-refractivity contribution is 7.85. The molecule has 2 aliphatic rings. The lowest BCUT2D eigenvalue weighted by molar-refractivity contribution is -0.122. The predicted molar refractivity (Wildman–Crippen MR) is 64.7 cm³/mol. The van der Waals surface area contributed by atoms with E-state index in [0.29, 0.717) is 12.5 Å². The lowest BCUT2D eigenvalue weighted by Gasteiger charge is -2.23. The fourth-order valence-electron chi connectivity index (χ4n) is 2.38. The Morgan fingerprint density at radius 3 is 2.69 bits per heavy atom.